The molecule has 5 heteroatoms. The Morgan fingerprint density at radius 2 is 2.26 bits per heavy atom. The van der Waals surface area contributed by atoms with Gasteiger partial charge in [-0.3, -0.25) is 0 Å². The maximum absolute atomic E-state index is 13.3. The minimum absolute atomic E-state index is 0.224. The summed E-state index contributed by atoms with van der Waals surface area (Å²) < 4.78 is 18.5. The Kier molecular flexibility index (Phi) is 4.99. The van der Waals surface area contributed by atoms with E-state index in [1.54, 1.807) is 18.3 Å². The fourth-order valence-corrected chi connectivity index (χ4v) is 2.44. The van der Waals surface area contributed by atoms with Crippen LogP contribution in [0.3, 0.4) is 0 Å². The highest BCUT2D eigenvalue weighted by molar-refractivity contribution is 7.99. The van der Waals surface area contributed by atoms with Crippen LogP contribution in [-0.4, -0.2) is 11.5 Å². The van der Waals surface area contributed by atoms with Gasteiger partial charge < -0.3 is 9.73 Å². The third-order valence-corrected chi connectivity index (χ3v) is 3.49. The van der Waals surface area contributed by atoms with Crippen LogP contribution in [0.4, 0.5) is 4.39 Å². The lowest BCUT2D eigenvalue weighted by Crippen LogP contribution is -2.19. The number of nitrogens with zero attached hydrogens (tertiary/aromatic N) is 1. The SMILES string of the molecule is CC(C)CNCc1cc(F)ccc1Sc1ncco1. The van der Waals surface area contributed by atoms with Gasteiger partial charge in [-0.2, -0.15) is 0 Å². The Hall–Kier alpha value is -1.33. The molecule has 1 N–H and O–H groups in total. The predicted molar refractivity (Wildman–Crippen MR) is 73.6 cm³/mol. The summed E-state index contributed by atoms with van der Waals surface area (Å²) in [5.41, 5.74) is 0.920. The number of nitrogens with one attached hydrogen (secondary N) is 1. The first-order valence-electron chi connectivity index (χ1n) is 6.21. The summed E-state index contributed by atoms with van der Waals surface area (Å²) in [7, 11) is 0. The van der Waals surface area contributed by atoms with Crippen molar-refractivity contribution in [2.45, 2.75) is 30.5 Å². The molecule has 2 rings (SSSR count). The highest BCUT2D eigenvalue weighted by Crippen LogP contribution is 2.29. The Bertz CT molecular complexity index is 514. The number of aromatic nitrogens is 1. The maximum Gasteiger partial charge on any atom is 0.260 e. The molecule has 1 heterocycles. The summed E-state index contributed by atoms with van der Waals surface area (Å²) in [5.74, 6) is 0.342. The van der Waals surface area contributed by atoms with Gasteiger partial charge in [0.25, 0.3) is 5.22 Å². The Balaban J connectivity index is 2.08. The monoisotopic (exact) mass is 280 g/mol. The van der Waals surface area contributed by atoms with Gasteiger partial charge in [-0.05, 0) is 48.0 Å². The van der Waals surface area contributed by atoms with E-state index in [0.717, 1.165) is 17.0 Å². The molecular formula is C14H17FN2OS. The van der Waals surface area contributed by atoms with E-state index in [4.69, 9.17) is 4.42 Å². The first kappa shape index (κ1) is 14.1. The van der Waals surface area contributed by atoms with Gasteiger partial charge >= 0.3 is 0 Å². The molecule has 0 saturated heterocycles. The summed E-state index contributed by atoms with van der Waals surface area (Å²) in [6.07, 6.45) is 3.13. The molecular weight excluding hydrogens is 263 g/mol. The van der Waals surface area contributed by atoms with E-state index in [0.29, 0.717) is 17.7 Å². The van der Waals surface area contributed by atoms with Crippen LogP contribution in [0.2, 0.25) is 0 Å². The van der Waals surface area contributed by atoms with Crippen molar-refractivity contribution in [3.8, 4) is 0 Å². The van der Waals surface area contributed by atoms with Crippen LogP contribution < -0.4 is 5.32 Å². The molecule has 102 valence electrons. The van der Waals surface area contributed by atoms with E-state index >= 15 is 0 Å². The molecule has 0 atom stereocenters. The van der Waals surface area contributed by atoms with E-state index in [-0.39, 0.29) is 5.82 Å². The molecule has 19 heavy (non-hydrogen) atoms. The molecule has 1 aromatic heterocycles. The number of halogens is 1. The van der Waals surface area contributed by atoms with Crippen LogP contribution in [0.25, 0.3) is 0 Å². The van der Waals surface area contributed by atoms with E-state index in [1.807, 2.05) is 0 Å². The minimum atomic E-state index is -0.224. The Labute approximate surface area is 116 Å². The summed E-state index contributed by atoms with van der Waals surface area (Å²) in [6, 6.07) is 4.77. The second kappa shape index (κ2) is 6.73. The van der Waals surface area contributed by atoms with Crippen molar-refractivity contribution in [2.75, 3.05) is 6.54 Å². The molecule has 0 amide bonds. The van der Waals surface area contributed by atoms with Crippen LogP contribution in [0.1, 0.15) is 19.4 Å². The van der Waals surface area contributed by atoms with E-state index in [1.165, 1.54) is 24.1 Å². The van der Waals surface area contributed by atoms with Crippen LogP contribution in [-0.2, 0) is 6.54 Å². The van der Waals surface area contributed by atoms with E-state index < -0.39 is 0 Å². The molecule has 0 aliphatic carbocycles. The number of oxazole rings is 1. The van der Waals surface area contributed by atoms with Gasteiger partial charge in [0.2, 0.25) is 0 Å². The maximum atomic E-state index is 13.3. The zero-order valence-corrected chi connectivity index (χ0v) is 11.8. The van der Waals surface area contributed by atoms with Gasteiger partial charge in [-0.25, -0.2) is 9.37 Å². The average molecular weight is 280 g/mol. The predicted octanol–water partition coefficient (Wildman–Crippen LogP) is 3.71. The van der Waals surface area contributed by atoms with Crippen molar-refractivity contribution in [3.63, 3.8) is 0 Å². The fraction of sp³-hybridized carbons (Fsp3) is 0.357. The molecule has 0 radical (unpaired) electrons. The van der Waals surface area contributed by atoms with Crippen molar-refractivity contribution in [1.29, 1.82) is 0 Å². The number of benzene rings is 1. The van der Waals surface area contributed by atoms with Gasteiger partial charge in [-0.15, -0.1) is 0 Å². The van der Waals surface area contributed by atoms with Crippen LogP contribution in [0, 0.1) is 11.7 Å². The summed E-state index contributed by atoms with van der Waals surface area (Å²) in [5, 5.41) is 3.88. The standard InChI is InChI=1S/C14H17FN2OS/c1-10(2)8-16-9-11-7-12(15)3-4-13(11)19-14-17-5-6-18-14/h3-7,10,16H,8-9H2,1-2H3. The first-order chi connectivity index (χ1) is 9.15. The lowest BCUT2D eigenvalue weighted by atomic mass is 10.2. The molecule has 0 aliphatic rings. The van der Waals surface area contributed by atoms with Crippen LogP contribution >= 0.6 is 11.8 Å². The molecule has 0 unspecified atom stereocenters. The third kappa shape index (κ3) is 4.36. The molecule has 0 fully saturated rings. The second-order valence-corrected chi connectivity index (χ2v) is 5.67. The van der Waals surface area contributed by atoms with Crippen molar-refractivity contribution in [2.24, 2.45) is 5.92 Å². The first-order valence-corrected chi connectivity index (χ1v) is 7.03. The van der Waals surface area contributed by atoms with Gasteiger partial charge in [0, 0.05) is 11.4 Å². The van der Waals surface area contributed by atoms with E-state index in [2.05, 4.69) is 24.1 Å². The normalized spacial score (nSPS) is 11.2. The molecule has 2 aromatic rings. The third-order valence-electron chi connectivity index (χ3n) is 2.50. The van der Waals surface area contributed by atoms with Crippen molar-refractivity contribution >= 4 is 11.8 Å². The zero-order chi connectivity index (χ0) is 13.7. The minimum Gasteiger partial charge on any atom is -0.440 e. The summed E-state index contributed by atoms with van der Waals surface area (Å²) in [6.45, 7) is 5.82. The van der Waals surface area contributed by atoms with Gasteiger partial charge in [0.1, 0.15) is 12.1 Å². The highest BCUT2D eigenvalue weighted by Gasteiger charge is 2.09. The zero-order valence-electron chi connectivity index (χ0n) is 11.0. The highest BCUT2D eigenvalue weighted by atomic mass is 32.2. The Morgan fingerprint density at radius 1 is 1.42 bits per heavy atom. The number of hydrogen-bond donors (Lipinski definition) is 1. The molecule has 0 aliphatic heterocycles. The Morgan fingerprint density at radius 3 is 2.95 bits per heavy atom. The molecule has 3 nitrogen and oxygen atoms in total. The molecule has 1 aromatic carbocycles. The van der Waals surface area contributed by atoms with Crippen molar-refractivity contribution in [1.82, 2.24) is 10.3 Å². The molecule has 0 bridgehead atoms. The summed E-state index contributed by atoms with van der Waals surface area (Å²) in [4.78, 5) is 5.02. The average Bonchev–Trinajstić information content (AvgIpc) is 2.85. The second-order valence-electron chi connectivity index (χ2n) is 4.68. The van der Waals surface area contributed by atoms with Crippen molar-refractivity contribution < 1.29 is 8.81 Å². The largest absolute Gasteiger partial charge is 0.440 e. The fourth-order valence-electron chi connectivity index (χ4n) is 1.64. The lowest BCUT2D eigenvalue weighted by Gasteiger charge is -2.10. The van der Waals surface area contributed by atoms with Crippen LogP contribution in [0.15, 0.2) is 45.2 Å². The van der Waals surface area contributed by atoms with E-state index in [9.17, 15) is 4.39 Å². The smallest absolute Gasteiger partial charge is 0.260 e. The van der Waals surface area contributed by atoms with Gasteiger partial charge in [0.05, 0.1) is 6.20 Å². The van der Waals surface area contributed by atoms with Crippen molar-refractivity contribution in [3.05, 3.63) is 42.0 Å². The number of rotatable bonds is 6. The van der Waals surface area contributed by atoms with Gasteiger partial charge in [0.15, 0.2) is 0 Å². The lowest BCUT2D eigenvalue weighted by molar-refractivity contribution is 0.454. The molecule has 0 spiro atoms. The summed E-state index contributed by atoms with van der Waals surface area (Å²) >= 11 is 1.40. The van der Waals surface area contributed by atoms with Gasteiger partial charge in [-0.1, -0.05) is 13.8 Å². The van der Waals surface area contributed by atoms with Crippen LogP contribution in [0.5, 0.6) is 0 Å². The quantitative estimate of drug-likeness (QED) is 0.875. The number of hydrogen-bond acceptors (Lipinski definition) is 4. The topological polar surface area (TPSA) is 38.1 Å². The molecule has 0 saturated carbocycles.